The molecule has 1 N–H and O–H groups in total. The highest BCUT2D eigenvalue weighted by Crippen LogP contribution is 2.27. The fraction of sp³-hybridized carbons (Fsp3) is 0.818. The van der Waals surface area contributed by atoms with Gasteiger partial charge in [-0.25, -0.2) is 0 Å². The highest BCUT2D eigenvalue weighted by atomic mass is 32.2. The van der Waals surface area contributed by atoms with Gasteiger partial charge in [0.1, 0.15) is 5.75 Å². The van der Waals surface area contributed by atoms with E-state index < -0.39 is 64.7 Å². The number of hydrogen-bond donors (Lipinski definition) is 1. The molecule has 148 valence electrons. The Balaban J connectivity index is 5.10. The average molecular weight is 404 g/mol. The van der Waals surface area contributed by atoms with Crippen LogP contribution in [-0.4, -0.2) is 55.2 Å². The summed E-state index contributed by atoms with van der Waals surface area (Å²) in [6.45, 7) is 1.63. The maximum atomic E-state index is 12.6. The van der Waals surface area contributed by atoms with Crippen LogP contribution in [-0.2, 0) is 29.2 Å². The van der Waals surface area contributed by atoms with E-state index >= 15 is 0 Å². The lowest BCUT2D eigenvalue weighted by molar-refractivity contribution is -0.228. The Labute approximate surface area is 138 Å². The van der Waals surface area contributed by atoms with Crippen molar-refractivity contribution in [1.29, 1.82) is 0 Å². The molecule has 0 rings (SSSR count). The molecule has 0 amide bonds. The first-order chi connectivity index (χ1) is 11.0. The van der Waals surface area contributed by atoms with Crippen molar-refractivity contribution in [2.75, 3.05) is 5.75 Å². The van der Waals surface area contributed by atoms with E-state index in [1.165, 1.54) is 0 Å². The van der Waals surface area contributed by atoms with E-state index in [2.05, 4.69) is 9.47 Å². The van der Waals surface area contributed by atoms with Gasteiger partial charge in [-0.1, -0.05) is 6.92 Å². The number of ether oxygens (including phenoxy) is 2. The Morgan fingerprint density at radius 2 is 1.32 bits per heavy atom. The van der Waals surface area contributed by atoms with E-state index in [9.17, 15) is 44.3 Å². The van der Waals surface area contributed by atoms with E-state index in [1.807, 2.05) is 0 Å². The molecule has 0 aromatic carbocycles. The van der Waals surface area contributed by atoms with Crippen molar-refractivity contribution in [3.63, 3.8) is 0 Å². The summed E-state index contributed by atoms with van der Waals surface area (Å²) in [6, 6.07) is 0. The highest BCUT2D eigenvalue weighted by Gasteiger charge is 2.47. The van der Waals surface area contributed by atoms with Crippen LogP contribution in [0.1, 0.15) is 20.3 Å². The molecular weight excluding hydrogens is 390 g/mol. The van der Waals surface area contributed by atoms with Crippen LogP contribution in [0.15, 0.2) is 0 Å². The van der Waals surface area contributed by atoms with E-state index in [1.54, 1.807) is 0 Å². The predicted octanol–water partition coefficient (Wildman–Crippen LogP) is 1.87. The Bertz CT molecular complexity index is 583. The third-order valence-corrected chi connectivity index (χ3v) is 3.41. The van der Waals surface area contributed by atoms with Gasteiger partial charge in [-0.05, 0) is 13.3 Å². The molecule has 7 nitrogen and oxygen atoms in total. The number of esters is 2. The van der Waals surface area contributed by atoms with Gasteiger partial charge in [0.2, 0.25) is 6.10 Å². The van der Waals surface area contributed by atoms with Crippen molar-refractivity contribution >= 4 is 22.1 Å². The van der Waals surface area contributed by atoms with E-state index in [4.69, 9.17) is 4.55 Å². The quantitative estimate of drug-likeness (QED) is 0.299. The second kappa shape index (κ2) is 8.21. The summed E-state index contributed by atoms with van der Waals surface area (Å²) in [6.07, 6.45) is -17.0. The van der Waals surface area contributed by atoms with Crippen molar-refractivity contribution in [2.24, 2.45) is 5.92 Å². The highest BCUT2D eigenvalue weighted by molar-refractivity contribution is 7.85. The van der Waals surface area contributed by atoms with Gasteiger partial charge >= 0.3 is 24.3 Å². The number of carbonyl (C=O) groups is 2. The zero-order chi connectivity index (χ0) is 20.2. The minimum atomic E-state index is -5.41. The molecule has 0 spiro atoms. The number of alkyl halides is 6. The predicted molar refractivity (Wildman–Crippen MR) is 67.7 cm³/mol. The maximum absolute atomic E-state index is 12.6. The Hall–Kier alpha value is -1.57. The lowest BCUT2D eigenvalue weighted by Crippen LogP contribution is -2.42. The third kappa shape index (κ3) is 8.38. The summed E-state index contributed by atoms with van der Waals surface area (Å²) in [4.78, 5) is 22.9. The standard InChI is InChI=1S/C11H14F6O7S/c1-3-6(10(12,13)14)23-8(18)5(2)9(19)24-7(11(15,16)17)4-25(20,21)22/h5-7H,3-4H2,1-2H3,(H,20,21,22). The topological polar surface area (TPSA) is 107 Å². The second-order valence-corrected chi connectivity index (χ2v) is 6.31. The fourth-order valence-electron chi connectivity index (χ4n) is 1.35. The van der Waals surface area contributed by atoms with Gasteiger partial charge in [0.15, 0.2) is 12.0 Å². The molecule has 0 aromatic heterocycles. The average Bonchev–Trinajstić information content (AvgIpc) is 2.38. The van der Waals surface area contributed by atoms with Gasteiger partial charge in [0.05, 0.1) is 0 Å². The van der Waals surface area contributed by atoms with Gasteiger partial charge in [-0.3, -0.25) is 14.1 Å². The van der Waals surface area contributed by atoms with Gasteiger partial charge in [0, 0.05) is 0 Å². The molecule has 25 heavy (non-hydrogen) atoms. The van der Waals surface area contributed by atoms with Gasteiger partial charge in [-0.2, -0.15) is 34.8 Å². The normalized spacial score (nSPS) is 16.7. The second-order valence-electron chi connectivity index (χ2n) is 4.81. The van der Waals surface area contributed by atoms with Crippen LogP contribution in [0.2, 0.25) is 0 Å². The van der Waals surface area contributed by atoms with Crippen molar-refractivity contribution in [2.45, 2.75) is 44.8 Å². The smallest absolute Gasteiger partial charge is 0.426 e. The van der Waals surface area contributed by atoms with Gasteiger partial charge in [-0.15, -0.1) is 0 Å². The molecule has 0 heterocycles. The van der Waals surface area contributed by atoms with Crippen LogP contribution >= 0.6 is 0 Å². The van der Waals surface area contributed by atoms with Crippen LogP contribution < -0.4 is 0 Å². The maximum Gasteiger partial charge on any atom is 0.426 e. The van der Waals surface area contributed by atoms with Crippen LogP contribution in [0.4, 0.5) is 26.3 Å². The first-order valence-electron chi connectivity index (χ1n) is 6.48. The summed E-state index contributed by atoms with van der Waals surface area (Å²) < 4.78 is 112. The summed E-state index contributed by atoms with van der Waals surface area (Å²) in [5.74, 6) is -8.00. The minimum absolute atomic E-state index is 0.620. The van der Waals surface area contributed by atoms with Crippen LogP contribution in [0, 0.1) is 5.92 Å². The number of carbonyl (C=O) groups excluding carboxylic acids is 2. The molecule has 0 aliphatic rings. The minimum Gasteiger partial charge on any atom is -0.452 e. The Kier molecular flexibility index (Phi) is 7.69. The van der Waals surface area contributed by atoms with E-state index in [-0.39, 0.29) is 0 Å². The summed E-state index contributed by atoms with van der Waals surface area (Å²) in [7, 11) is -5.20. The van der Waals surface area contributed by atoms with Crippen molar-refractivity contribution in [3.05, 3.63) is 0 Å². The summed E-state index contributed by atoms with van der Waals surface area (Å²) >= 11 is 0. The number of halogens is 6. The molecule has 14 heteroatoms. The molecule has 0 radical (unpaired) electrons. The van der Waals surface area contributed by atoms with Crippen molar-refractivity contribution < 1.29 is 58.4 Å². The molecule has 3 unspecified atom stereocenters. The zero-order valence-corrected chi connectivity index (χ0v) is 13.5. The molecule has 0 saturated carbocycles. The lowest BCUT2D eigenvalue weighted by atomic mass is 10.2. The van der Waals surface area contributed by atoms with Crippen LogP contribution in [0.5, 0.6) is 0 Å². The molecule has 0 aliphatic heterocycles. The zero-order valence-electron chi connectivity index (χ0n) is 12.7. The molecule has 3 atom stereocenters. The van der Waals surface area contributed by atoms with E-state index in [0.29, 0.717) is 6.92 Å². The first kappa shape index (κ1) is 23.4. The Morgan fingerprint density at radius 3 is 1.60 bits per heavy atom. The van der Waals surface area contributed by atoms with Gasteiger partial charge < -0.3 is 9.47 Å². The van der Waals surface area contributed by atoms with E-state index in [0.717, 1.165) is 6.92 Å². The molecule has 0 saturated heterocycles. The molecule has 0 fully saturated rings. The third-order valence-electron chi connectivity index (χ3n) is 2.69. The fourth-order valence-corrected chi connectivity index (χ4v) is 1.99. The van der Waals surface area contributed by atoms with Crippen LogP contribution in [0.3, 0.4) is 0 Å². The Morgan fingerprint density at radius 1 is 0.960 bits per heavy atom. The number of rotatable bonds is 7. The first-order valence-corrected chi connectivity index (χ1v) is 8.09. The SMILES string of the molecule is CCC(OC(=O)C(C)C(=O)OC(CS(=O)(=O)O)C(F)(F)F)C(F)(F)F. The largest absolute Gasteiger partial charge is 0.452 e. The lowest BCUT2D eigenvalue weighted by Gasteiger charge is -2.23. The molecule has 0 aliphatic carbocycles. The van der Waals surface area contributed by atoms with Crippen molar-refractivity contribution in [1.82, 2.24) is 0 Å². The molecular formula is C11H14F6O7S. The van der Waals surface area contributed by atoms with Gasteiger partial charge in [0.25, 0.3) is 10.1 Å². The monoisotopic (exact) mass is 404 g/mol. The molecule has 0 bridgehead atoms. The van der Waals surface area contributed by atoms with Crippen molar-refractivity contribution in [3.8, 4) is 0 Å². The van der Waals surface area contributed by atoms with Crippen LogP contribution in [0.25, 0.3) is 0 Å². The summed E-state index contributed by atoms with van der Waals surface area (Å²) in [5.41, 5.74) is 0. The molecule has 0 aromatic rings. The number of hydrogen-bond acceptors (Lipinski definition) is 6. The summed E-state index contributed by atoms with van der Waals surface area (Å²) in [5, 5.41) is 0.